The maximum atomic E-state index is 12.5. The van der Waals surface area contributed by atoms with Crippen LogP contribution in [-0.4, -0.2) is 68.5 Å². The highest BCUT2D eigenvalue weighted by molar-refractivity contribution is 8.02. The third-order valence-electron chi connectivity index (χ3n) is 4.11. The van der Waals surface area contributed by atoms with E-state index in [4.69, 9.17) is 9.47 Å². The van der Waals surface area contributed by atoms with Crippen molar-refractivity contribution in [3.05, 3.63) is 41.0 Å². The van der Waals surface area contributed by atoms with Crippen molar-refractivity contribution in [2.45, 2.75) is 0 Å². The number of amides is 2. The van der Waals surface area contributed by atoms with Crippen molar-refractivity contribution in [1.82, 2.24) is 10.2 Å². The Morgan fingerprint density at radius 3 is 2.69 bits per heavy atom. The Bertz CT molecular complexity index is 674. The number of hydrogen-bond donors (Lipinski definition) is 2. The van der Waals surface area contributed by atoms with Crippen LogP contribution in [0.2, 0.25) is 0 Å². The highest BCUT2D eigenvalue weighted by atomic mass is 32.2. The van der Waals surface area contributed by atoms with Crippen LogP contribution >= 0.6 is 11.8 Å². The van der Waals surface area contributed by atoms with Crippen LogP contribution in [0.3, 0.4) is 0 Å². The second-order valence-corrected chi connectivity index (χ2v) is 6.89. The molecular formula is C18H23N3O4S. The zero-order chi connectivity index (χ0) is 18.2. The molecule has 0 aromatic heterocycles. The quantitative estimate of drug-likeness (QED) is 0.778. The zero-order valence-corrected chi connectivity index (χ0v) is 15.3. The smallest absolute Gasteiger partial charge is 0.291 e. The summed E-state index contributed by atoms with van der Waals surface area (Å²) in [6, 6.07) is 6.97. The van der Waals surface area contributed by atoms with Gasteiger partial charge in [-0.15, -0.1) is 11.8 Å². The van der Waals surface area contributed by atoms with Crippen molar-refractivity contribution in [3.63, 3.8) is 0 Å². The van der Waals surface area contributed by atoms with E-state index in [0.717, 1.165) is 38.6 Å². The topological polar surface area (TPSA) is 79.9 Å². The Morgan fingerprint density at radius 1 is 1.12 bits per heavy atom. The molecule has 0 radical (unpaired) electrons. The third-order valence-corrected chi connectivity index (χ3v) is 4.89. The van der Waals surface area contributed by atoms with Gasteiger partial charge in [0.1, 0.15) is 0 Å². The number of ether oxygens (including phenoxy) is 2. The van der Waals surface area contributed by atoms with Gasteiger partial charge >= 0.3 is 0 Å². The van der Waals surface area contributed by atoms with E-state index < -0.39 is 0 Å². The average Bonchev–Trinajstić information content (AvgIpc) is 2.70. The first-order chi connectivity index (χ1) is 12.7. The highest BCUT2D eigenvalue weighted by Crippen LogP contribution is 2.19. The lowest BCUT2D eigenvalue weighted by Crippen LogP contribution is -2.41. The number of nitrogens with one attached hydrogen (secondary N) is 2. The van der Waals surface area contributed by atoms with Crippen LogP contribution in [-0.2, 0) is 14.3 Å². The number of benzene rings is 1. The molecule has 2 N–H and O–H groups in total. The lowest BCUT2D eigenvalue weighted by molar-refractivity contribution is -0.116. The molecular weight excluding hydrogens is 354 g/mol. The normalized spacial score (nSPS) is 17.8. The number of rotatable bonds is 6. The fraction of sp³-hybridized carbons (Fsp3) is 0.444. The van der Waals surface area contributed by atoms with E-state index in [1.54, 1.807) is 29.7 Å². The molecule has 0 atom stereocenters. The van der Waals surface area contributed by atoms with E-state index in [9.17, 15) is 9.59 Å². The summed E-state index contributed by atoms with van der Waals surface area (Å²) in [7, 11) is 0. The number of hydrogen-bond acceptors (Lipinski definition) is 6. The van der Waals surface area contributed by atoms with Gasteiger partial charge in [-0.2, -0.15) is 0 Å². The van der Waals surface area contributed by atoms with Crippen LogP contribution in [0.5, 0.6) is 0 Å². The Hall–Kier alpha value is -2.03. The summed E-state index contributed by atoms with van der Waals surface area (Å²) < 4.78 is 10.7. The molecule has 26 heavy (non-hydrogen) atoms. The van der Waals surface area contributed by atoms with Gasteiger partial charge in [0.05, 0.1) is 31.1 Å². The summed E-state index contributed by atoms with van der Waals surface area (Å²) in [6.45, 7) is 5.07. The molecule has 1 fully saturated rings. The van der Waals surface area contributed by atoms with Crippen molar-refractivity contribution in [3.8, 4) is 0 Å². The Balaban J connectivity index is 1.56. The molecule has 2 heterocycles. The number of morpholine rings is 1. The summed E-state index contributed by atoms with van der Waals surface area (Å²) in [5.74, 6) is 0.565. The van der Waals surface area contributed by atoms with Crippen molar-refractivity contribution < 1.29 is 19.1 Å². The molecule has 1 aromatic rings. The van der Waals surface area contributed by atoms with E-state index >= 15 is 0 Å². The number of anilines is 1. The first kappa shape index (κ1) is 18.8. The molecule has 0 aliphatic carbocycles. The first-order valence-electron chi connectivity index (χ1n) is 8.67. The molecule has 0 spiro atoms. The first-order valence-corrected chi connectivity index (χ1v) is 9.72. The van der Waals surface area contributed by atoms with E-state index in [-0.39, 0.29) is 17.6 Å². The maximum Gasteiger partial charge on any atom is 0.291 e. The number of carbonyl (C=O) groups excluding carboxylic acids is 2. The molecule has 2 aliphatic heterocycles. The minimum absolute atomic E-state index is 0.206. The summed E-state index contributed by atoms with van der Waals surface area (Å²) in [6.07, 6.45) is 0. The summed E-state index contributed by atoms with van der Waals surface area (Å²) in [4.78, 5) is 27.1. The van der Waals surface area contributed by atoms with Gasteiger partial charge in [0.2, 0.25) is 0 Å². The highest BCUT2D eigenvalue weighted by Gasteiger charge is 2.18. The second kappa shape index (κ2) is 9.61. The molecule has 0 unspecified atom stereocenters. The van der Waals surface area contributed by atoms with Crippen LogP contribution in [0.1, 0.15) is 10.4 Å². The van der Waals surface area contributed by atoms with Crippen molar-refractivity contribution in [2.24, 2.45) is 0 Å². The van der Waals surface area contributed by atoms with Crippen LogP contribution in [0.4, 0.5) is 5.69 Å². The van der Waals surface area contributed by atoms with Crippen LogP contribution in [0.15, 0.2) is 35.4 Å². The number of para-hydroxylation sites is 1. The lowest BCUT2D eigenvalue weighted by atomic mass is 10.1. The molecule has 140 valence electrons. The van der Waals surface area contributed by atoms with Crippen molar-refractivity contribution in [2.75, 3.05) is 57.1 Å². The lowest BCUT2D eigenvalue weighted by Gasteiger charge is -2.26. The monoisotopic (exact) mass is 377 g/mol. The molecule has 7 nitrogen and oxygen atoms in total. The standard InChI is InChI=1S/C18H23N3O4S/c22-17(19-5-6-21-7-9-24-10-8-21)14-3-1-2-4-15(14)20-18(23)16-13-26-12-11-25-16/h1-4,13H,5-12H2,(H,19,22)(H,20,23). The zero-order valence-electron chi connectivity index (χ0n) is 14.5. The van der Waals surface area contributed by atoms with Crippen molar-refractivity contribution in [1.29, 1.82) is 0 Å². The van der Waals surface area contributed by atoms with Gasteiger partial charge in [0.25, 0.3) is 11.8 Å². The van der Waals surface area contributed by atoms with E-state index in [0.29, 0.717) is 24.4 Å². The molecule has 8 heteroatoms. The third kappa shape index (κ3) is 5.23. The Labute approximate surface area is 157 Å². The number of carbonyl (C=O) groups is 2. The second-order valence-electron chi connectivity index (χ2n) is 5.91. The van der Waals surface area contributed by atoms with Crippen LogP contribution < -0.4 is 10.6 Å². The van der Waals surface area contributed by atoms with Gasteiger partial charge in [-0.3, -0.25) is 14.5 Å². The van der Waals surface area contributed by atoms with E-state index in [2.05, 4.69) is 15.5 Å². The number of thioether (sulfide) groups is 1. The van der Waals surface area contributed by atoms with Gasteiger partial charge in [-0.05, 0) is 12.1 Å². The maximum absolute atomic E-state index is 12.5. The largest absolute Gasteiger partial charge is 0.487 e. The molecule has 2 aliphatic rings. The van der Waals surface area contributed by atoms with Gasteiger partial charge in [0, 0.05) is 37.3 Å². The predicted octanol–water partition coefficient (Wildman–Crippen LogP) is 1.29. The van der Waals surface area contributed by atoms with Gasteiger partial charge in [-0.25, -0.2) is 0 Å². The van der Waals surface area contributed by atoms with Crippen LogP contribution in [0, 0.1) is 0 Å². The molecule has 1 saturated heterocycles. The van der Waals surface area contributed by atoms with E-state index in [1.165, 1.54) is 11.8 Å². The molecule has 0 bridgehead atoms. The molecule has 2 amide bonds. The van der Waals surface area contributed by atoms with Gasteiger partial charge < -0.3 is 20.1 Å². The average molecular weight is 377 g/mol. The van der Waals surface area contributed by atoms with Gasteiger partial charge in [-0.1, -0.05) is 12.1 Å². The minimum Gasteiger partial charge on any atom is -0.487 e. The Morgan fingerprint density at radius 2 is 1.92 bits per heavy atom. The van der Waals surface area contributed by atoms with E-state index in [1.807, 2.05) is 0 Å². The molecule has 0 saturated carbocycles. The fourth-order valence-electron chi connectivity index (χ4n) is 2.71. The van der Waals surface area contributed by atoms with Crippen LogP contribution in [0.25, 0.3) is 0 Å². The Kier molecular flexibility index (Phi) is 6.93. The summed E-state index contributed by atoms with van der Waals surface area (Å²) in [5.41, 5.74) is 0.910. The minimum atomic E-state index is -0.342. The van der Waals surface area contributed by atoms with Gasteiger partial charge in [0.15, 0.2) is 5.76 Å². The molecule has 1 aromatic carbocycles. The number of nitrogens with zero attached hydrogens (tertiary/aromatic N) is 1. The fourth-order valence-corrected chi connectivity index (χ4v) is 3.33. The predicted molar refractivity (Wildman–Crippen MR) is 101 cm³/mol. The summed E-state index contributed by atoms with van der Waals surface area (Å²) >= 11 is 1.54. The summed E-state index contributed by atoms with van der Waals surface area (Å²) in [5, 5.41) is 7.38. The van der Waals surface area contributed by atoms with Crippen molar-refractivity contribution >= 4 is 29.3 Å². The SMILES string of the molecule is O=C(Nc1ccccc1C(=O)NCCN1CCOCC1)C1=CSCCO1. The molecule has 3 rings (SSSR count).